The van der Waals surface area contributed by atoms with Gasteiger partial charge >= 0.3 is 0 Å². The molecule has 0 aromatic heterocycles. The fourth-order valence-electron chi connectivity index (χ4n) is 2.00. The molecule has 1 amide bonds. The Morgan fingerprint density at radius 1 is 1.56 bits per heavy atom. The van der Waals surface area contributed by atoms with E-state index in [0.29, 0.717) is 12.4 Å². The molecule has 2 unspecified atom stereocenters. The molecule has 0 aromatic rings. The smallest absolute Gasteiger partial charge is 0.250 e. The summed E-state index contributed by atoms with van der Waals surface area (Å²) in [6.07, 6.45) is -0.0774. The number of aliphatic imine (C=N–C) groups is 1. The van der Waals surface area contributed by atoms with Crippen LogP contribution in [0.2, 0.25) is 0 Å². The van der Waals surface area contributed by atoms with E-state index in [9.17, 15) is 4.79 Å². The van der Waals surface area contributed by atoms with E-state index in [0.717, 1.165) is 13.1 Å². The Bertz CT molecular complexity index is 314. The van der Waals surface area contributed by atoms with Gasteiger partial charge in [0.25, 0.3) is 0 Å². The van der Waals surface area contributed by atoms with Crippen molar-refractivity contribution in [1.29, 1.82) is 0 Å². The molecule has 2 aliphatic rings. The Morgan fingerprint density at radius 2 is 2.31 bits per heavy atom. The van der Waals surface area contributed by atoms with Crippen LogP contribution in [0.1, 0.15) is 13.8 Å². The van der Waals surface area contributed by atoms with Crippen LogP contribution in [0.3, 0.4) is 0 Å². The normalized spacial score (nSPS) is 31.8. The number of morpholine rings is 1. The van der Waals surface area contributed by atoms with E-state index in [1.807, 2.05) is 20.9 Å². The van der Waals surface area contributed by atoms with E-state index in [-0.39, 0.29) is 24.0 Å². The minimum absolute atomic E-state index is 0.00169. The van der Waals surface area contributed by atoms with Gasteiger partial charge in [-0.1, -0.05) is 13.8 Å². The molecule has 0 radical (unpaired) electrons. The molecule has 5 nitrogen and oxygen atoms in total. The average Bonchev–Trinajstić information content (AvgIpc) is 2.60. The lowest BCUT2D eigenvalue weighted by Crippen LogP contribution is -2.48. The topological polar surface area (TPSA) is 53.9 Å². The van der Waals surface area contributed by atoms with Crippen molar-refractivity contribution in [3.05, 3.63) is 0 Å². The summed E-state index contributed by atoms with van der Waals surface area (Å²) in [6.45, 7) is 6.44. The quantitative estimate of drug-likeness (QED) is 0.712. The van der Waals surface area contributed by atoms with E-state index in [2.05, 4.69) is 15.2 Å². The minimum Gasteiger partial charge on any atom is -0.368 e. The maximum Gasteiger partial charge on any atom is 0.250 e. The number of likely N-dealkylation sites (N-methyl/N-ethyl adjacent to an activating group) is 1. The molecule has 2 aliphatic heterocycles. The standard InChI is InChI=1S/C11H19N3O2/c1-7(2)9-11(15)13-10(12-9)8-6-14(3)4-5-16-8/h7-9H,4-6H2,1-3H3,(H,12,13,15). The van der Waals surface area contributed by atoms with Gasteiger partial charge in [-0.2, -0.15) is 0 Å². The first-order valence-corrected chi connectivity index (χ1v) is 5.76. The van der Waals surface area contributed by atoms with Crippen molar-refractivity contribution >= 4 is 11.7 Å². The molecule has 0 bridgehead atoms. The highest BCUT2D eigenvalue weighted by atomic mass is 16.5. The molecule has 0 spiro atoms. The summed E-state index contributed by atoms with van der Waals surface area (Å²) in [4.78, 5) is 18.3. The van der Waals surface area contributed by atoms with E-state index in [4.69, 9.17) is 4.74 Å². The summed E-state index contributed by atoms with van der Waals surface area (Å²) < 4.78 is 5.62. The molecule has 1 saturated heterocycles. The predicted molar refractivity (Wildman–Crippen MR) is 61.4 cm³/mol. The molecule has 1 N–H and O–H groups in total. The molecule has 1 fully saturated rings. The van der Waals surface area contributed by atoms with Crippen molar-refractivity contribution in [2.24, 2.45) is 10.9 Å². The van der Waals surface area contributed by atoms with Gasteiger partial charge < -0.3 is 15.0 Å². The third-order valence-electron chi connectivity index (χ3n) is 3.00. The lowest BCUT2D eigenvalue weighted by molar-refractivity contribution is -0.121. The maximum atomic E-state index is 11.7. The zero-order valence-electron chi connectivity index (χ0n) is 10.1. The number of nitrogens with one attached hydrogen (secondary N) is 1. The second kappa shape index (κ2) is 4.51. The molecule has 2 heterocycles. The molecule has 2 rings (SSSR count). The summed E-state index contributed by atoms with van der Waals surface area (Å²) in [6, 6.07) is -0.245. The number of hydrogen-bond acceptors (Lipinski definition) is 4. The number of carbonyl (C=O) groups is 1. The Labute approximate surface area is 95.9 Å². The number of ether oxygens (including phenoxy) is 1. The Morgan fingerprint density at radius 3 is 2.88 bits per heavy atom. The Balaban J connectivity index is 2.05. The zero-order valence-corrected chi connectivity index (χ0v) is 10.1. The third kappa shape index (κ3) is 2.25. The third-order valence-corrected chi connectivity index (χ3v) is 3.00. The Hall–Kier alpha value is -0.940. The number of rotatable bonds is 2. The van der Waals surface area contributed by atoms with E-state index in [1.165, 1.54) is 0 Å². The van der Waals surface area contributed by atoms with Crippen molar-refractivity contribution < 1.29 is 9.53 Å². The number of amides is 1. The van der Waals surface area contributed by atoms with Crippen molar-refractivity contribution in [3.63, 3.8) is 0 Å². The summed E-state index contributed by atoms with van der Waals surface area (Å²) in [5.74, 6) is 0.941. The molecule has 90 valence electrons. The monoisotopic (exact) mass is 225 g/mol. The van der Waals surface area contributed by atoms with Crippen LogP contribution in [-0.2, 0) is 9.53 Å². The van der Waals surface area contributed by atoms with Gasteiger partial charge in [-0.15, -0.1) is 0 Å². The van der Waals surface area contributed by atoms with E-state index >= 15 is 0 Å². The van der Waals surface area contributed by atoms with Crippen LogP contribution in [0.4, 0.5) is 0 Å². The second-order valence-electron chi connectivity index (χ2n) is 4.81. The number of nitrogens with zero attached hydrogens (tertiary/aromatic N) is 2. The molecule has 0 aromatic carbocycles. The van der Waals surface area contributed by atoms with Gasteiger partial charge in [-0.25, -0.2) is 0 Å². The van der Waals surface area contributed by atoms with Gasteiger partial charge in [-0.3, -0.25) is 9.79 Å². The van der Waals surface area contributed by atoms with Crippen molar-refractivity contribution in [2.45, 2.75) is 26.0 Å². The summed E-state index contributed by atoms with van der Waals surface area (Å²) in [5, 5.41) is 2.83. The molecular weight excluding hydrogens is 206 g/mol. The molecule has 0 aliphatic carbocycles. The summed E-state index contributed by atoms with van der Waals surface area (Å²) in [7, 11) is 2.05. The number of amidine groups is 1. The van der Waals surface area contributed by atoms with Crippen molar-refractivity contribution in [3.8, 4) is 0 Å². The van der Waals surface area contributed by atoms with Crippen LogP contribution in [-0.4, -0.2) is 55.5 Å². The van der Waals surface area contributed by atoms with Crippen LogP contribution in [0, 0.1) is 5.92 Å². The van der Waals surface area contributed by atoms with Gasteiger partial charge in [0.2, 0.25) is 5.91 Å². The van der Waals surface area contributed by atoms with Crippen LogP contribution in [0.25, 0.3) is 0 Å². The largest absolute Gasteiger partial charge is 0.368 e. The summed E-state index contributed by atoms with van der Waals surface area (Å²) >= 11 is 0. The number of carbonyl (C=O) groups excluding carboxylic acids is 1. The first-order valence-electron chi connectivity index (χ1n) is 5.76. The van der Waals surface area contributed by atoms with Crippen molar-refractivity contribution in [2.75, 3.05) is 26.7 Å². The fraction of sp³-hybridized carbons (Fsp3) is 0.818. The van der Waals surface area contributed by atoms with Gasteiger partial charge in [0, 0.05) is 13.1 Å². The number of hydrogen-bond donors (Lipinski definition) is 1. The van der Waals surface area contributed by atoms with Crippen LogP contribution < -0.4 is 5.32 Å². The second-order valence-corrected chi connectivity index (χ2v) is 4.81. The molecule has 0 saturated carbocycles. The first kappa shape index (κ1) is 11.5. The highest BCUT2D eigenvalue weighted by Gasteiger charge is 2.34. The molecular formula is C11H19N3O2. The lowest BCUT2D eigenvalue weighted by Gasteiger charge is -2.29. The fourth-order valence-corrected chi connectivity index (χ4v) is 2.00. The van der Waals surface area contributed by atoms with Crippen LogP contribution in [0.5, 0.6) is 0 Å². The molecule has 16 heavy (non-hydrogen) atoms. The van der Waals surface area contributed by atoms with Gasteiger partial charge in [-0.05, 0) is 13.0 Å². The molecule has 2 atom stereocenters. The lowest BCUT2D eigenvalue weighted by atomic mass is 10.1. The van der Waals surface area contributed by atoms with Gasteiger partial charge in [0.1, 0.15) is 18.0 Å². The Kier molecular flexibility index (Phi) is 3.25. The average molecular weight is 225 g/mol. The maximum absolute atomic E-state index is 11.7. The highest BCUT2D eigenvalue weighted by Crippen LogP contribution is 2.15. The van der Waals surface area contributed by atoms with Crippen LogP contribution in [0.15, 0.2) is 4.99 Å². The first-order chi connectivity index (χ1) is 7.58. The van der Waals surface area contributed by atoms with Gasteiger partial charge in [0.15, 0.2) is 0 Å². The highest BCUT2D eigenvalue weighted by molar-refractivity contribution is 6.07. The zero-order chi connectivity index (χ0) is 11.7. The van der Waals surface area contributed by atoms with Gasteiger partial charge in [0.05, 0.1) is 6.61 Å². The van der Waals surface area contributed by atoms with Crippen molar-refractivity contribution in [1.82, 2.24) is 10.2 Å². The van der Waals surface area contributed by atoms with E-state index in [1.54, 1.807) is 0 Å². The minimum atomic E-state index is -0.245. The van der Waals surface area contributed by atoms with E-state index < -0.39 is 0 Å². The van der Waals surface area contributed by atoms with Crippen LogP contribution >= 0.6 is 0 Å². The summed E-state index contributed by atoms with van der Waals surface area (Å²) in [5.41, 5.74) is 0. The SMILES string of the molecule is CC(C)C1N=C(C2CN(C)CCO2)NC1=O. The molecule has 5 heteroatoms. The predicted octanol–water partition coefficient (Wildman–Crippen LogP) is -0.130.